The Bertz CT molecular complexity index is 561. The Morgan fingerprint density at radius 1 is 1.20 bits per heavy atom. The minimum atomic E-state index is -0.321. The number of nitrogens with zero attached hydrogens (tertiary/aromatic N) is 1. The molecule has 0 aromatic heterocycles. The second-order valence-corrected chi connectivity index (χ2v) is 7.36. The highest BCUT2D eigenvalue weighted by atomic mass is 16.5. The predicted octanol–water partition coefficient (Wildman–Crippen LogP) is 3.84. The van der Waals surface area contributed by atoms with Crippen molar-refractivity contribution in [2.75, 3.05) is 29.9 Å². The fourth-order valence-corrected chi connectivity index (χ4v) is 2.84. The number of piperidine rings is 1. The molecule has 25 heavy (non-hydrogen) atoms. The van der Waals surface area contributed by atoms with Gasteiger partial charge in [-0.25, -0.2) is 0 Å². The number of anilines is 2. The molecule has 2 rings (SSSR count). The third kappa shape index (κ3) is 6.77. The molecule has 0 saturated carbocycles. The van der Waals surface area contributed by atoms with Gasteiger partial charge in [-0.3, -0.25) is 9.59 Å². The number of esters is 1. The Kier molecular flexibility index (Phi) is 7.29. The molecule has 1 saturated heterocycles. The van der Waals surface area contributed by atoms with Crippen LogP contribution in [0, 0.1) is 11.8 Å². The maximum atomic E-state index is 11.9. The van der Waals surface area contributed by atoms with Crippen molar-refractivity contribution in [2.24, 2.45) is 11.8 Å². The number of hydrogen-bond acceptors (Lipinski definition) is 4. The van der Waals surface area contributed by atoms with Crippen LogP contribution in [0.3, 0.4) is 0 Å². The number of benzene rings is 1. The van der Waals surface area contributed by atoms with E-state index in [-0.39, 0.29) is 18.5 Å². The van der Waals surface area contributed by atoms with Crippen molar-refractivity contribution in [1.29, 1.82) is 0 Å². The zero-order valence-electron chi connectivity index (χ0n) is 15.6. The fourth-order valence-electron chi connectivity index (χ4n) is 2.84. The summed E-state index contributed by atoms with van der Waals surface area (Å²) in [6.45, 7) is 8.33. The van der Waals surface area contributed by atoms with Gasteiger partial charge in [0, 0.05) is 30.9 Å². The SMILES string of the molecule is CC(C)CCC(=O)OCC(=O)Nc1ccc(N2CCC(C)CC2)cc1. The maximum absolute atomic E-state index is 11.9. The Morgan fingerprint density at radius 2 is 1.84 bits per heavy atom. The Hall–Kier alpha value is -2.04. The number of hydrogen-bond donors (Lipinski definition) is 1. The summed E-state index contributed by atoms with van der Waals surface area (Å²) in [6, 6.07) is 7.85. The van der Waals surface area contributed by atoms with Crippen LogP contribution in [-0.2, 0) is 14.3 Å². The molecule has 0 atom stereocenters. The van der Waals surface area contributed by atoms with E-state index in [2.05, 4.69) is 17.1 Å². The highest BCUT2D eigenvalue weighted by molar-refractivity contribution is 5.92. The van der Waals surface area contributed by atoms with Gasteiger partial charge in [0.25, 0.3) is 5.91 Å². The van der Waals surface area contributed by atoms with Gasteiger partial charge in [-0.05, 0) is 55.4 Å². The van der Waals surface area contributed by atoms with Gasteiger partial charge in [0.05, 0.1) is 0 Å². The topological polar surface area (TPSA) is 58.6 Å². The number of ether oxygens (including phenoxy) is 1. The number of nitrogens with one attached hydrogen (secondary N) is 1. The molecule has 1 heterocycles. The smallest absolute Gasteiger partial charge is 0.306 e. The summed E-state index contributed by atoms with van der Waals surface area (Å²) < 4.78 is 5.00. The van der Waals surface area contributed by atoms with Crippen molar-refractivity contribution in [3.05, 3.63) is 24.3 Å². The molecule has 1 fully saturated rings. The van der Waals surface area contributed by atoms with Crippen LogP contribution in [-0.4, -0.2) is 31.6 Å². The Labute approximate surface area is 150 Å². The van der Waals surface area contributed by atoms with E-state index in [9.17, 15) is 9.59 Å². The van der Waals surface area contributed by atoms with Gasteiger partial charge < -0.3 is 15.0 Å². The van der Waals surface area contributed by atoms with Crippen LogP contribution in [0.5, 0.6) is 0 Å². The average Bonchev–Trinajstić information content (AvgIpc) is 2.59. The van der Waals surface area contributed by atoms with Crippen molar-refractivity contribution in [1.82, 2.24) is 0 Å². The lowest BCUT2D eigenvalue weighted by Gasteiger charge is -2.32. The molecular formula is C20H30N2O3. The number of amides is 1. The zero-order chi connectivity index (χ0) is 18.2. The van der Waals surface area contributed by atoms with Crippen LogP contribution in [0.1, 0.15) is 46.5 Å². The quantitative estimate of drug-likeness (QED) is 0.762. The summed E-state index contributed by atoms with van der Waals surface area (Å²) in [5, 5.41) is 2.76. The third-order valence-corrected chi connectivity index (χ3v) is 4.59. The normalized spacial score (nSPS) is 15.3. The van der Waals surface area contributed by atoms with Crippen LogP contribution < -0.4 is 10.2 Å². The van der Waals surface area contributed by atoms with Gasteiger partial charge in [0.15, 0.2) is 6.61 Å². The summed E-state index contributed by atoms with van der Waals surface area (Å²) >= 11 is 0. The summed E-state index contributed by atoms with van der Waals surface area (Å²) in [5.74, 6) is 0.622. The molecule has 0 bridgehead atoms. The molecule has 1 amide bonds. The van der Waals surface area contributed by atoms with Gasteiger partial charge in [-0.1, -0.05) is 20.8 Å². The first-order valence-electron chi connectivity index (χ1n) is 9.24. The van der Waals surface area contributed by atoms with E-state index in [0.29, 0.717) is 12.3 Å². The van der Waals surface area contributed by atoms with Crippen molar-refractivity contribution < 1.29 is 14.3 Å². The number of carbonyl (C=O) groups is 2. The molecule has 1 aromatic carbocycles. The first kappa shape index (κ1) is 19.3. The Balaban J connectivity index is 1.75. The average molecular weight is 346 g/mol. The minimum Gasteiger partial charge on any atom is -0.456 e. The van der Waals surface area contributed by atoms with Crippen molar-refractivity contribution in [2.45, 2.75) is 46.5 Å². The molecule has 1 aliphatic heterocycles. The second-order valence-electron chi connectivity index (χ2n) is 7.36. The molecule has 0 aliphatic carbocycles. The molecule has 5 nitrogen and oxygen atoms in total. The molecule has 0 spiro atoms. The van der Waals surface area contributed by atoms with Crippen LogP contribution in [0.25, 0.3) is 0 Å². The van der Waals surface area contributed by atoms with Crippen molar-refractivity contribution >= 4 is 23.3 Å². The summed E-state index contributed by atoms with van der Waals surface area (Å²) in [4.78, 5) is 25.8. The van der Waals surface area contributed by atoms with Crippen LogP contribution in [0.15, 0.2) is 24.3 Å². The van der Waals surface area contributed by atoms with Gasteiger partial charge in [0.1, 0.15) is 0 Å². The van der Waals surface area contributed by atoms with Crippen LogP contribution >= 0.6 is 0 Å². The minimum absolute atomic E-state index is 0.233. The van der Waals surface area contributed by atoms with E-state index in [1.54, 1.807) is 0 Å². The number of rotatable bonds is 7. The zero-order valence-corrected chi connectivity index (χ0v) is 15.6. The molecular weight excluding hydrogens is 316 g/mol. The van der Waals surface area contributed by atoms with Gasteiger partial charge in [0.2, 0.25) is 0 Å². The molecule has 0 unspecified atom stereocenters. The molecule has 1 aromatic rings. The molecule has 0 radical (unpaired) electrons. The second kappa shape index (κ2) is 9.44. The van der Waals surface area contributed by atoms with E-state index < -0.39 is 0 Å². The van der Waals surface area contributed by atoms with E-state index in [4.69, 9.17) is 4.74 Å². The van der Waals surface area contributed by atoms with E-state index in [0.717, 1.165) is 31.1 Å². The monoisotopic (exact) mass is 346 g/mol. The van der Waals surface area contributed by atoms with Crippen LogP contribution in [0.2, 0.25) is 0 Å². The van der Waals surface area contributed by atoms with Crippen LogP contribution in [0.4, 0.5) is 11.4 Å². The lowest BCUT2D eigenvalue weighted by molar-refractivity contribution is -0.147. The maximum Gasteiger partial charge on any atom is 0.306 e. The summed E-state index contributed by atoms with van der Waals surface area (Å²) in [5.41, 5.74) is 1.90. The predicted molar refractivity (Wildman–Crippen MR) is 101 cm³/mol. The summed E-state index contributed by atoms with van der Waals surface area (Å²) in [6.07, 6.45) is 3.58. The van der Waals surface area contributed by atoms with Gasteiger partial charge >= 0.3 is 5.97 Å². The lowest BCUT2D eigenvalue weighted by atomic mass is 9.99. The lowest BCUT2D eigenvalue weighted by Crippen LogP contribution is -2.32. The van der Waals surface area contributed by atoms with E-state index >= 15 is 0 Å². The van der Waals surface area contributed by atoms with Crippen molar-refractivity contribution in [3.63, 3.8) is 0 Å². The van der Waals surface area contributed by atoms with E-state index in [1.807, 2.05) is 38.1 Å². The van der Waals surface area contributed by atoms with Gasteiger partial charge in [-0.2, -0.15) is 0 Å². The molecule has 5 heteroatoms. The standard InChI is InChI=1S/C20H30N2O3/c1-15(2)4-9-20(24)25-14-19(23)21-17-5-7-18(8-6-17)22-12-10-16(3)11-13-22/h5-8,15-16H,4,9-14H2,1-3H3,(H,21,23). The summed E-state index contributed by atoms with van der Waals surface area (Å²) in [7, 11) is 0. The molecule has 1 N–H and O–H groups in total. The fraction of sp³-hybridized carbons (Fsp3) is 0.600. The Morgan fingerprint density at radius 3 is 2.44 bits per heavy atom. The first-order valence-corrected chi connectivity index (χ1v) is 9.24. The third-order valence-electron chi connectivity index (χ3n) is 4.59. The highest BCUT2D eigenvalue weighted by Crippen LogP contribution is 2.24. The number of carbonyl (C=O) groups excluding carboxylic acids is 2. The molecule has 1 aliphatic rings. The van der Waals surface area contributed by atoms with E-state index in [1.165, 1.54) is 18.5 Å². The van der Waals surface area contributed by atoms with Gasteiger partial charge in [-0.15, -0.1) is 0 Å². The first-order chi connectivity index (χ1) is 11.9. The molecule has 138 valence electrons. The highest BCUT2D eigenvalue weighted by Gasteiger charge is 2.16. The van der Waals surface area contributed by atoms with Crippen molar-refractivity contribution in [3.8, 4) is 0 Å². The largest absolute Gasteiger partial charge is 0.456 e.